The summed E-state index contributed by atoms with van der Waals surface area (Å²) in [6.45, 7) is 10.5. The molecule has 0 aromatic heterocycles. The van der Waals surface area contributed by atoms with Gasteiger partial charge in [0.2, 0.25) is 0 Å². The van der Waals surface area contributed by atoms with Gasteiger partial charge >= 0.3 is 0 Å². The highest BCUT2D eigenvalue weighted by Crippen LogP contribution is 2.51. The van der Waals surface area contributed by atoms with Crippen LogP contribution in [0.25, 0.3) is 0 Å². The second-order valence-corrected chi connectivity index (χ2v) is 6.85. The summed E-state index contributed by atoms with van der Waals surface area (Å²) in [5, 5.41) is 0. The van der Waals surface area contributed by atoms with Gasteiger partial charge in [-0.25, -0.2) is 0 Å². The average Bonchev–Trinajstić information content (AvgIpc) is 2.49. The van der Waals surface area contributed by atoms with Gasteiger partial charge in [0.25, 0.3) is 0 Å². The summed E-state index contributed by atoms with van der Waals surface area (Å²) in [5.41, 5.74) is 1.70. The number of rotatable bonds is 6. The fraction of sp³-hybridized carbons (Fsp3) is 0.684. The number of benzene rings is 1. The van der Waals surface area contributed by atoms with Crippen molar-refractivity contribution in [3.05, 3.63) is 35.9 Å². The molecule has 2 heteroatoms. The molecule has 0 heterocycles. The van der Waals surface area contributed by atoms with E-state index in [4.69, 9.17) is 9.47 Å². The van der Waals surface area contributed by atoms with Gasteiger partial charge in [-0.2, -0.15) is 0 Å². The first kappa shape index (κ1) is 16.5. The van der Waals surface area contributed by atoms with Gasteiger partial charge in [0.1, 0.15) is 0 Å². The summed E-state index contributed by atoms with van der Waals surface area (Å²) >= 11 is 0. The molecular weight excluding hydrogens is 260 g/mol. The molecule has 0 amide bonds. The van der Waals surface area contributed by atoms with Crippen molar-refractivity contribution in [3.63, 3.8) is 0 Å². The third kappa shape index (κ3) is 3.87. The SMILES string of the molecule is CCCOC1(OCC)CCC(C)(C)C(c2ccccc2)C1. The van der Waals surface area contributed by atoms with Crippen LogP contribution in [0.3, 0.4) is 0 Å². The highest BCUT2D eigenvalue weighted by atomic mass is 16.7. The summed E-state index contributed by atoms with van der Waals surface area (Å²) in [6.07, 6.45) is 4.12. The first-order valence-corrected chi connectivity index (χ1v) is 8.36. The number of hydrogen-bond acceptors (Lipinski definition) is 2. The van der Waals surface area contributed by atoms with E-state index in [1.807, 2.05) is 0 Å². The minimum absolute atomic E-state index is 0.289. The van der Waals surface area contributed by atoms with E-state index in [9.17, 15) is 0 Å². The molecule has 0 aliphatic heterocycles. The summed E-state index contributed by atoms with van der Waals surface area (Å²) in [5.74, 6) is 0.0942. The van der Waals surface area contributed by atoms with Crippen LogP contribution in [0.1, 0.15) is 64.9 Å². The lowest BCUT2D eigenvalue weighted by Gasteiger charge is -2.48. The smallest absolute Gasteiger partial charge is 0.168 e. The second-order valence-electron chi connectivity index (χ2n) is 6.85. The van der Waals surface area contributed by atoms with Crippen LogP contribution in [-0.2, 0) is 9.47 Å². The maximum atomic E-state index is 6.18. The maximum Gasteiger partial charge on any atom is 0.168 e. The molecule has 2 rings (SSSR count). The van der Waals surface area contributed by atoms with Crippen LogP contribution in [0.4, 0.5) is 0 Å². The monoisotopic (exact) mass is 290 g/mol. The van der Waals surface area contributed by atoms with E-state index in [1.54, 1.807) is 0 Å². The van der Waals surface area contributed by atoms with Crippen molar-refractivity contribution < 1.29 is 9.47 Å². The molecule has 2 atom stereocenters. The van der Waals surface area contributed by atoms with Crippen LogP contribution < -0.4 is 0 Å². The lowest BCUT2D eigenvalue weighted by atomic mass is 9.64. The molecular formula is C19H30O2. The summed E-state index contributed by atoms with van der Waals surface area (Å²) in [7, 11) is 0. The molecule has 1 aliphatic rings. The van der Waals surface area contributed by atoms with E-state index in [1.165, 1.54) is 5.56 Å². The average molecular weight is 290 g/mol. The predicted octanol–water partition coefficient (Wildman–Crippen LogP) is 5.14. The molecule has 0 N–H and O–H groups in total. The van der Waals surface area contributed by atoms with Crippen LogP contribution in [0.15, 0.2) is 30.3 Å². The molecule has 1 fully saturated rings. The third-order valence-electron chi connectivity index (χ3n) is 4.79. The normalized spacial score (nSPS) is 28.5. The molecule has 2 nitrogen and oxygen atoms in total. The molecule has 1 saturated carbocycles. The van der Waals surface area contributed by atoms with Gasteiger partial charge in [-0.15, -0.1) is 0 Å². The highest BCUT2D eigenvalue weighted by molar-refractivity contribution is 5.23. The van der Waals surface area contributed by atoms with Crippen LogP contribution in [0, 0.1) is 5.41 Å². The minimum atomic E-state index is -0.388. The zero-order chi connectivity index (χ0) is 15.3. The molecule has 1 aliphatic carbocycles. The van der Waals surface area contributed by atoms with Gasteiger partial charge in [-0.3, -0.25) is 0 Å². The zero-order valence-electron chi connectivity index (χ0n) is 14.0. The Kier molecular flexibility index (Phi) is 5.45. The van der Waals surface area contributed by atoms with Crippen molar-refractivity contribution >= 4 is 0 Å². The van der Waals surface area contributed by atoms with E-state index in [0.29, 0.717) is 12.5 Å². The van der Waals surface area contributed by atoms with Gasteiger partial charge in [0, 0.05) is 26.1 Å². The van der Waals surface area contributed by atoms with E-state index in [2.05, 4.69) is 58.0 Å². The Labute approximate surface area is 129 Å². The molecule has 118 valence electrons. The Morgan fingerprint density at radius 3 is 2.38 bits per heavy atom. The predicted molar refractivity (Wildman–Crippen MR) is 87.4 cm³/mol. The van der Waals surface area contributed by atoms with E-state index in [0.717, 1.165) is 32.3 Å². The summed E-state index contributed by atoms with van der Waals surface area (Å²) < 4.78 is 12.3. The second kappa shape index (κ2) is 6.93. The first-order chi connectivity index (χ1) is 10.0. The van der Waals surface area contributed by atoms with Gasteiger partial charge in [-0.1, -0.05) is 51.1 Å². The van der Waals surface area contributed by atoms with Gasteiger partial charge in [0.15, 0.2) is 5.79 Å². The standard InChI is InChI=1S/C19H30O2/c1-5-14-21-19(20-6-2)13-12-18(3,4)17(15-19)16-10-8-7-9-11-16/h7-11,17H,5-6,12-15H2,1-4H3. The largest absolute Gasteiger partial charge is 0.350 e. The Hall–Kier alpha value is -0.860. The van der Waals surface area contributed by atoms with E-state index >= 15 is 0 Å². The van der Waals surface area contributed by atoms with Gasteiger partial charge in [-0.05, 0) is 36.7 Å². The molecule has 1 aromatic carbocycles. The Balaban J connectivity index is 2.24. The molecule has 0 bridgehead atoms. The van der Waals surface area contributed by atoms with E-state index < -0.39 is 0 Å². The Bertz CT molecular complexity index is 426. The summed E-state index contributed by atoms with van der Waals surface area (Å²) in [4.78, 5) is 0. The van der Waals surface area contributed by atoms with Crippen molar-refractivity contribution in [1.29, 1.82) is 0 Å². The van der Waals surface area contributed by atoms with Crippen LogP contribution in [-0.4, -0.2) is 19.0 Å². The lowest BCUT2D eigenvalue weighted by Crippen LogP contribution is -2.46. The Morgan fingerprint density at radius 2 is 1.76 bits per heavy atom. The molecule has 0 radical (unpaired) electrons. The maximum absolute atomic E-state index is 6.18. The Morgan fingerprint density at radius 1 is 1.05 bits per heavy atom. The third-order valence-corrected chi connectivity index (χ3v) is 4.79. The lowest BCUT2D eigenvalue weighted by molar-refractivity contribution is -0.262. The zero-order valence-corrected chi connectivity index (χ0v) is 14.0. The van der Waals surface area contributed by atoms with Gasteiger partial charge < -0.3 is 9.47 Å². The van der Waals surface area contributed by atoms with Crippen LogP contribution in [0.5, 0.6) is 0 Å². The first-order valence-electron chi connectivity index (χ1n) is 8.36. The molecule has 2 unspecified atom stereocenters. The number of ether oxygens (including phenoxy) is 2. The van der Waals surface area contributed by atoms with Crippen molar-refractivity contribution in [2.45, 2.75) is 65.1 Å². The van der Waals surface area contributed by atoms with E-state index in [-0.39, 0.29) is 11.2 Å². The van der Waals surface area contributed by atoms with Crippen molar-refractivity contribution in [2.24, 2.45) is 5.41 Å². The molecule has 0 spiro atoms. The number of hydrogen-bond donors (Lipinski definition) is 0. The molecule has 21 heavy (non-hydrogen) atoms. The van der Waals surface area contributed by atoms with Crippen molar-refractivity contribution in [2.75, 3.05) is 13.2 Å². The topological polar surface area (TPSA) is 18.5 Å². The molecule has 0 saturated heterocycles. The van der Waals surface area contributed by atoms with Crippen molar-refractivity contribution in [3.8, 4) is 0 Å². The fourth-order valence-corrected chi connectivity index (χ4v) is 3.49. The quantitative estimate of drug-likeness (QED) is 0.675. The van der Waals surface area contributed by atoms with Crippen molar-refractivity contribution in [1.82, 2.24) is 0 Å². The highest BCUT2D eigenvalue weighted by Gasteiger charge is 2.46. The van der Waals surface area contributed by atoms with Crippen LogP contribution >= 0.6 is 0 Å². The summed E-state index contributed by atoms with van der Waals surface area (Å²) in [6, 6.07) is 10.8. The minimum Gasteiger partial charge on any atom is -0.350 e. The molecule has 1 aromatic rings. The van der Waals surface area contributed by atoms with Crippen LogP contribution in [0.2, 0.25) is 0 Å². The van der Waals surface area contributed by atoms with Gasteiger partial charge in [0.05, 0.1) is 0 Å². The fourth-order valence-electron chi connectivity index (χ4n) is 3.49.